The second-order valence-electron chi connectivity index (χ2n) is 7.73. The summed E-state index contributed by atoms with van der Waals surface area (Å²) < 4.78 is 19.6. The molecule has 1 unspecified atom stereocenters. The van der Waals surface area contributed by atoms with E-state index in [9.17, 15) is 14.0 Å². The molecule has 0 radical (unpaired) electrons. The molecule has 31 heavy (non-hydrogen) atoms. The van der Waals surface area contributed by atoms with Crippen LogP contribution in [0.2, 0.25) is 0 Å². The molecule has 3 aromatic rings. The first-order valence-electron chi connectivity index (χ1n) is 10.3. The van der Waals surface area contributed by atoms with Gasteiger partial charge in [-0.25, -0.2) is 14.4 Å². The van der Waals surface area contributed by atoms with Gasteiger partial charge < -0.3 is 9.47 Å². The molecule has 3 heterocycles. The maximum Gasteiger partial charge on any atom is 0.254 e. The van der Waals surface area contributed by atoms with Crippen LogP contribution in [-0.4, -0.2) is 42.0 Å². The van der Waals surface area contributed by atoms with Gasteiger partial charge in [0, 0.05) is 25.1 Å². The lowest BCUT2D eigenvalue weighted by Gasteiger charge is -2.36. The minimum atomic E-state index is -0.391. The molecular weight excluding hydrogens is 417 g/mol. The van der Waals surface area contributed by atoms with Crippen molar-refractivity contribution in [2.75, 3.05) is 6.54 Å². The maximum atomic E-state index is 13.3. The summed E-state index contributed by atoms with van der Waals surface area (Å²) in [4.78, 5) is 36.8. The van der Waals surface area contributed by atoms with Crippen LogP contribution in [0.3, 0.4) is 0 Å². The van der Waals surface area contributed by atoms with Gasteiger partial charge in [0.2, 0.25) is 0 Å². The van der Waals surface area contributed by atoms with Gasteiger partial charge in [0.15, 0.2) is 10.8 Å². The maximum absolute atomic E-state index is 13.3. The molecule has 1 aromatic carbocycles. The third-order valence-corrected chi connectivity index (χ3v) is 6.58. The summed E-state index contributed by atoms with van der Waals surface area (Å²) in [7, 11) is 0. The van der Waals surface area contributed by atoms with E-state index in [2.05, 4.69) is 13.9 Å². The summed E-state index contributed by atoms with van der Waals surface area (Å²) in [5.41, 5.74) is 1.96. The fourth-order valence-corrected chi connectivity index (χ4v) is 4.73. The Labute approximate surface area is 184 Å². The fraction of sp³-hybridized carbons (Fsp3) is 0.409. The minimum Gasteiger partial charge on any atom is -0.329 e. The zero-order valence-electron chi connectivity index (χ0n) is 17.9. The van der Waals surface area contributed by atoms with Crippen molar-refractivity contribution < 1.29 is 14.0 Å². The molecule has 7 nitrogen and oxygen atoms in total. The second kappa shape index (κ2) is 8.30. The molecule has 162 valence electrons. The van der Waals surface area contributed by atoms with Crippen molar-refractivity contribution >= 4 is 23.2 Å². The van der Waals surface area contributed by atoms with E-state index in [1.54, 1.807) is 4.90 Å². The lowest BCUT2D eigenvalue weighted by Crippen LogP contribution is -2.41. The van der Waals surface area contributed by atoms with E-state index >= 15 is 0 Å². The van der Waals surface area contributed by atoms with E-state index in [1.807, 2.05) is 27.7 Å². The van der Waals surface area contributed by atoms with Gasteiger partial charge in [-0.15, -0.1) is 0 Å². The number of amides is 1. The molecule has 1 aliphatic heterocycles. The van der Waals surface area contributed by atoms with Crippen molar-refractivity contribution in [2.45, 2.75) is 52.6 Å². The number of Topliss-reactive ketones (excluding diaryl/α,β-unsaturated/α-hetero) is 1. The van der Waals surface area contributed by atoms with Crippen LogP contribution >= 0.6 is 11.5 Å². The van der Waals surface area contributed by atoms with Crippen molar-refractivity contribution in [3.63, 3.8) is 0 Å². The van der Waals surface area contributed by atoms with Crippen LogP contribution in [-0.2, 0) is 11.3 Å². The molecule has 2 aromatic heterocycles. The highest BCUT2D eigenvalue weighted by molar-refractivity contribution is 7.09. The molecule has 0 saturated carbocycles. The average Bonchev–Trinajstić information content (AvgIpc) is 3.37. The zero-order chi connectivity index (χ0) is 22.3. The van der Waals surface area contributed by atoms with E-state index in [4.69, 9.17) is 4.98 Å². The van der Waals surface area contributed by atoms with Gasteiger partial charge in [0.25, 0.3) is 5.91 Å². The van der Waals surface area contributed by atoms with E-state index in [0.717, 1.165) is 5.69 Å². The van der Waals surface area contributed by atoms with Gasteiger partial charge in [-0.1, -0.05) is 6.92 Å². The largest absolute Gasteiger partial charge is 0.329 e. The van der Waals surface area contributed by atoms with Crippen molar-refractivity contribution in [1.82, 2.24) is 23.8 Å². The van der Waals surface area contributed by atoms with E-state index in [0.29, 0.717) is 47.4 Å². The molecule has 0 saturated heterocycles. The first-order valence-corrected chi connectivity index (χ1v) is 11.1. The predicted octanol–water partition coefficient (Wildman–Crippen LogP) is 4.15. The zero-order valence-corrected chi connectivity index (χ0v) is 18.7. The molecule has 1 aliphatic rings. The molecule has 4 rings (SSSR count). The number of hydrogen-bond donors (Lipinski definition) is 0. The topological polar surface area (TPSA) is 81.0 Å². The Morgan fingerprint density at radius 1 is 1.23 bits per heavy atom. The Morgan fingerprint density at radius 2 is 1.94 bits per heavy atom. The van der Waals surface area contributed by atoms with Crippen molar-refractivity contribution in [3.8, 4) is 10.8 Å². The SMILES string of the molecule is CCC(=O)C(C)c1nc(-c2nc(C)ns2)n2c1[C@@H](C)N(C(=O)c1ccc(F)cc1)CC2. The van der Waals surface area contributed by atoms with Gasteiger partial charge in [-0.2, -0.15) is 4.37 Å². The van der Waals surface area contributed by atoms with E-state index in [-0.39, 0.29) is 23.5 Å². The number of imidazole rings is 1. The molecule has 0 spiro atoms. The molecule has 9 heteroatoms. The standard InChI is InChI=1S/C22H24FN5O2S/c1-5-17(29)12(2)18-19-13(3)27(22(30)15-6-8-16(23)9-7-15)10-11-28(19)20(25-18)21-24-14(4)26-31-21/h6-9,12-13H,5,10-11H2,1-4H3/t12?,13-/m1/s1. The summed E-state index contributed by atoms with van der Waals surface area (Å²) >= 11 is 1.28. The number of halogens is 1. The first kappa shape index (κ1) is 21.3. The Kier molecular flexibility index (Phi) is 5.70. The quantitative estimate of drug-likeness (QED) is 0.594. The second-order valence-corrected chi connectivity index (χ2v) is 8.48. The highest BCUT2D eigenvalue weighted by Crippen LogP contribution is 2.37. The number of aryl methyl sites for hydroxylation is 1. The van der Waals surface area contributed by atoms with Crippen LogP contribution < -0.4 is 0 Å². The summed E-state index contributed by atoms with van der Waals surface area (Å²) in [5.74, 6) is 0.509. The number of benzene rings is 1. The molecule has 1 amide bonds. The number of aromatic nitrogens is 4. The molecule has 0 aliphatic carbocycles. The number of carbonyl (C=O) groups excluding carboxylic acids is 2. The Balaban J connectivity index is 1.78. The predicted molar refractivity (Wildman–Crippen MR) is 115 cm³/mol. The van der Waals surface area contributed by atoms with E-state index < -0.39 is 5.92 Å². The Morgan fingerprint density at radius 3 is 2.55 bits per heavy atom. The first-order chi connectivity index (χ1) is 14.8. The summed E-state index contributed by atoms with van der Waals surface area (Å²) in [6.45, 7) is 8.47. The average molecular weight is 442 g/mol. The summed E-state index contributed by atoms with van der Waals surface area (Å²) in [6, 6.07) is 5.26. The van der Waals surface area contributed by atoms with Gasteiger partial charge in [-0.05, 0) is 56.6 Å². The molecule has 0 N–H and O–H groups in total. The highest BCUT2D eigenvalue weighted by atomic mass is 32.1. The van der Waals surface area contributed by atoms with Crippen LogP contribution in [0.15, 0.2) is 24.3 Å². The fourth-order valence-electron chi connectivity index (χ4n) is 4.06. The smallest absolute Gasteiger partial charge is 0.254 e. The van der Waals surface area contributed by atoms with Crippen molar-refractivity contribution in [2.24, 2.45) is 0 Å². The monoisotopic (exact) mass is 441 g/mol. The van der Waals surface area contributed by atoms with Gasteiger partial charge in [-0.3, -0.25) is 9.59 Å². The normalized spacial score (nSPS) is 16.8. The van der Waals surface area contributed by atoms with Gasteiger partial charge >= 0.3 is 0 Å². The Hall–Kier alpha value is -2.94. The van der Waals surface area contributed by atoms with Crippen LogP contribution in [0.4, 0.5) is 4.39 Å². The van der Waals surface area contributed by atoms with Crippen LogP contribution in [0.25, 0.3) is 10.8 Å². The molecule has 0 bridgehead atoms. The molecule has 0 fully saturated rings. The summed E-state index contributed by atoms with van der Waals surface area (Å²) in [6.07, 6.45) is 0.410. The number of rotatable bonds is 5. The Bertz CT molecular complexity index is 1140. The molecule has 2 atom stereocenters. The van der Waals surface area contributed by atoms with Crippen molar-refractivity contribution in [1.29, 1.82) is 0 Å². The summed E-state index contributed by atoms with van der Waals surface area (Å²) in [5, 5.41) is 0.701. The highest BCUT2D eigenvalue weighted by Gasteiger charge is 2.36. The third kappa shape index (κ3) is 3.78. The number of ketones is 1. The minimum absolute atomic E-state index is 0.0927. The van der Waals surface area contributed by atoms with E-state index in [1.165, 1.54) is 35.8 Å². The lowest BCUT2D eigenvalue weighted by atomic mass is 9.95. The van der Waals surface area contributed by atoms with Gasteiger partial charge in [0.05, 0.1) is 23.3 Å². The van der Waals surface area contributed by atoms with Gasteiger partial charge in [0.1, 0.15) is 17.4 Å². The third-order valence-electron chi connectivity index (χ3n) is 5.78. The lowest BCUT2D eigenvalue weighted by molar-refractivity contribution is -0.119. The number of fused-ring (bicyclic) bond motifs is 1. The number of hydrogen-bond acceptors (Lipinski definition) is 6. The molecular formula is C22H24FN5O2S. The number of carbonyl (C=O) groups is 2. The van der Waals surface area contributed by atoms with Crippen LogP contribution in [0.5, 0.6) is 0 Å². The van der Waals surface area contributed by atoms with Crippen molar-refractivity contribution in [3.05, 3.63) is 52.9 Å². The number of nitrogens with zero attached hydrogens (tertiary/aromatic N) is 5. The van der Waals surface area contributed by atoms with Crippen LogP contribution in [0, 0.1) is 12.7 Å². The van der Waals surface area contributed by atoms with Crippen LogP contribution in [0.1, 0.15) is 66.7 Å².